The first-order valence-electron chi connectivity index (χ1n) is 34.2. The Bertz CT molecular complexity index is 1170. The Kier molecular flexibility index (Phi) is 63.1. The molecule has 0 rings (SSSR count). The fraction of sp³-hybridized carbons (Fsp3) is 0.928. The maximum absolute atomic E-state index is 12.9. The second-order valence-electron chi connectivity index (χ2n) is 23.5. The molecule has 6 nitrogen and oxygen atoms in total. The lowest BCUT2D eigenvalue weighted by molar-refractivity contribution is -0.167. The van der Waals surface area contributed by atoms with E-state index in [1.807, 2.05) is 0 Å². The van der Waals surface area contributed by atoms with E-state index in [-0.39, 0.29) is 31.1 Å². The Labute approximate surface area is 469 Å². The molecule has 0 amide bonds. The third kappa shape index (κ3) is 62.9. The standard InChI is InChI=1S/C69H132O6/c1-4-7-10-13-16-19-22-25-28-30-32-34-36-38-41-44-47-50-53-56-59-62-68(71)74-65-66(64-73-67(70)61-58-55-52-49-46-43-40-27-24-21-18-15-12-9-6-3)75-69(72)63-60-57-54-51-48-45-42-39-37-35-33-31-29-26-23-20-17-14-11-8-5-2/h27,40,66H,4-26,28-39,41-65H2,1-3H3/b40-27-. The maximum atomic E-state index is 12.9. The Balaban J connectivity index is 4.27. The van der Waals surface area contributed by atoms with Gasteiger partial charge in [-0.2, -0.15) is 0 Å². The van der Waals surface area contributed by atoms with Crippen LogP contribution < -0.4 is 0 Å². The van der Waals surface area contributed by atoms with E-state index in [0.717, 1.165) is 64.2 Å². The monoisotopic (exact) mass is 1060 g/mol. The summed E-state index contributed by atoms with van der Waals surface area (Å²) in [5, 5.41) is 0. The lowest BCUT2D eigenvalue weighted by Crippen LogP contribution is -2.30. The summed E-state index contributed by atoms with van der Waals surface area (Å²) in [6.45, 7) is 6.72. The van der Waals surface area contributed by atoms with Crippen LogP contribution in [-0.2, 0) is 28.6 Å². The molecule has 0 fully saturated rings. The Morgan fingerprint density at radius 1 is 0.253 bits per heavy atom. The van der Waals surface area contributed by atoms with Gasteiger partial charge >= 0.3 is 17.9 Å². The lowest BCUT2D eigenvalue weighted by Gasteiger charge is -2.18. The van der Waals surface area contributed by atoms with Gasteiger partial charge in [0.2, 0.25) is 0 Å². The van der Waals surface area contributed by atoms with Crippen molar-refractivity contribution in [2.45, 2.75) is 399 Å². The second-order valence-corrected chi connectivity index (χ2v) is 23.5. The van der Waals surface area contributed by atoms with Crippen LogP contribution in [-0.4, -0.2) is 37.2 Å². The Morgan fingerprint density at radius 3 is 0.667 bits per heavy atom. The average Bonchev–Trinajstić information content (AvgIpc) is 3.41. The zero-order valence-electron chi connectivity index (χ0n) is 51.1. The molecule has 0 aliphatic rings. The molecule has 0 spiro atoms. The summed E-state index contributed by atoms with van der Waals surface area (Å²) in [5.74, 6) is -0.840. The second kappa shape index (κ2) is 64.7. The number of allylic oxidation sites excluding steroid dienone is 2. The first kappa shape index (κ1) is 73.2. The van der Waals surface area contributed by atoms with Crippen LogP contribution in [0.1, 0.15) is 393 Å². The van der Waals surface area contributed by atoms with E-state index < -0.39 is 6.10 Å². The number of carbonyl (C=O) groups is 3. The molecule has 75 heavy (non-hydrogen) atoms. The summed E-state index contributed by atoms with van der Waals surface area (Å²) in [6.07, 6.45) is 76.6. The van der Waals surface area contributed by atoms with Gasteiger partial charge in [0.25, 0.3) is 0 Å². The lowest BCUT2D eigenvalue weighted by atomic mass is 10.0. The summed E-state index contributed by atoms with van der Waals surface area (Å²) in [7, 11) is 0. The fourth-order valence-electron chi connectivity index (χ4n) is 10.6. The molecule has 0 radical (unpaired) electrons. The first-order chi connectivity index (χ1) is 37.0. The summed E-state index contributed by atoms with van der Waals surface area (Å²) in [5.41, 5.74) is 0. The largest absolute Gasteiger partial charge is 0.462 e. The number of rotatable bonds is 64. The number of hydrogen-bond acceptors (Lipinski definition) is 6. The smallest absolute Gasteiger partial charge is 0.306 e. The molecule has 0 bridgehead atoms. The van der Waals surface area contributed by atoms with E-state index in [2.05, 4.69) is 32.9 Å². The van der Waals surface area contributed by atoms with Crippen LogP contribution in [0.4, 0.5) is 0 Å². The average molecular weight is 1060 g/mol. The van der Waals surface area contributed by atoms with Crippen molar-refractivity contribution in [2.75, 3.05) is 13.2 Å². The van der Waals surface area contributed by atoms with E-state index in [1.165, 1.54) is 289 Å². The summed E-state index contributed by atoms with van der Waals surface area (Å²) in [6, 6.07) is 0. The Morgan fingerprint density at radius 2 is 0.440 bits per heavy atom. The van der Waals surface area contributed by atoms with Crippen molar-refractivity contribution in [1.29, 1.82) is 0 Å². The highest BCUT2D eigenvalue weighted by molar-refractivity contribution is 5.71. The van der Waals surface area contributed by atoms with Crippen molar-refractivity contribution in [3.05, 3.63) is 12.2 Å². The van der Waals surface area contributed by atoms with Gasteiger partial charge in [0, 0.05) is 19.3 Å². The number of esters is 3. The number of hydrogen-bond donors (Lipinski definition) is 0. The van der Waals surface area contributed by atoms with E-state index >= 15 is 0 Å². The SMILES string of the molecule is CCCCCCCC/C=C\CCCCCCCC(=O)OCC(COC(=O)CCCCCCCCCCCCCCCCCCCCCCC)OC(=O)CCCCCCCCCCCCCCCCCCCCCCC. The zero-order chi connectivity index (χ0) is 54.3. The van der Waals surface area contributed by atoms with Crippen LogP contribution in [0.25, 0.3) is 0 Å². The molecule has 0 aromatic rings. The van der Waals surface area contributed by atoms with Gasteiger partial charge in [0.1, 0.15) is 13.2 Å². The third-order valence-electron chi connectivity index (χ3n) is 15.8. The normalized spacial score (nSPS) is 12.0. The molecule has 1 unspecified atom stereocenters. The van der Waals surface area contributed by atoms with Crippen LogP contribution >= 0.6 is 0 Å². The summed E-state index contributed by atoms with van der Waals surface area (Å²) >= 11 is 0. The molecule has 0 saturated carbocycles. The molecular formula is C69H132O6. The molecule has 0 aliphatic heterocycles. The van der Waals surface area contributed by atoms with Crippen LogP contribution in [0.3, 0.4) is 0 Å². The van der Waals surface area contributed by atoms with Crippen molar-refractivity contribution < 1.29 is 28.6 Å². The highest BCUT2D eigenvalue weighted by Gasteiger charge is 2.19. The number of ether oxygens (including phenoxy) is 3. The topological polar surface area (TPSA) is 78.9 Å². The van der Waals surface area contributed by atoms with Crippen LogP contribution in [0.5, 0.6) is 0 Å². The number of carbonyl (C=O) groups excluding carboxylic acids is 3. The quantitative estimate of drug-likeness (QED) is 0.0261. The molecule has 0 aromatic heterocycles. The van der Waals surface area contributed by atoms with Crippen molar-refractivity contribution in [3.8, 4) is 0 Å². The first-order valence-corrected chi connectivity index (χ1v) is 34.2. The highest BCUT2D eigenvalue weighted by Crippen LogP contribution is 2.19. The third-order valence-corrected chi connectivity index (χ3v) is 15.8. The van der Waals surface area contributed by atoms with Gasteiger partial charge < -0.3 is 14.2 Å². The molecule has 0 aromatic carbocycles. The van der Waals surface area contributed by atoms with E-state index in [4.69, 9.17) is 14.2 Å². The van der Waals surface area contributed by atoms with Crippen molar-refractivity contribution in [3.63, 3.8) is 0 Å². The van der Waals surface area contributed by atoms with Gasteiger partial charge in [-0.15, -0.1) is 0 Å². The molecule has 6 heteroatoms. The van der Waals surface area contributed by atoms with Crippen molar-refractivity contribution in [2.24, 2.45) is 0 Å². The molecule has 0 aliphatic carbocycles. The zero-order valence-corrected chi connectivity index (χ0v) is 51.1. The van der Waals surface area contributed by atoms with E-state index in [9.17, 15) is 14.4 Å². The predicted molar refractivity (Wildman–Crippen MR) is 326 cm³/mol. The molecule has 0 saturated heterocycles. The highest BCUT2D eigenvalue weighted by atomic mass is 16.6. The fourth-order valence-corrected chi connectivity index (χ4v) is 10.6. The van der Waals surface area contributed by atoms with Crippen molar-refractivity contribution in [1.82, 2.24) is 0 Å². The van der Waals surface area contributed by atoms with Gasteiger partial charge in [0.15, 0.2) is 6.10 Å². The van der Waals surface area contributed by atoms with E-state index in [0.29, 0.717) is 19.3 Å². The van der Waals surface area contributed by atoms with Crippen LogP contribution in [0, 0.1) is 0 Å². The molecular weight excluding hydrogens is 925 g/mol. The van der Waals surface area contributed by atoms with Gasteiger partial charge in [-0.1, -0.05) is 341 Å². The van der Waals surface area contributed by atoms with Crippen molar-refractivity contribution >= 4 is 17.9 Å². The van der Waals surface area contributed by atoms with Gasteiger partial charge in [-0.25, -0.2) is 0 Å². The van der Waals surface area contributed by atoms with Crippen LogP contribution in [0.2, 0.25) is 0 Å². The molecule has 0 N–H and O–H groups in total. The molecule has 1 atom stereocenters. The molecule has 444 valence electrons. The van der Waals surface area contributed by atoms with Gasteiger partial charge in [0.05, 0.1) is 0 Å². The predicted octanol–water partition coefficient (Wildman–Crippen LogP) is 23.2. The maximum Gasteiger partial charge on any atom is 0.306 e. The van der Waals surface area contributed by atoms with Gasteiger partial charge in [-0.3, -0.25) is 14.4 Å². The van der Waals surface area contributed by atoms with Crippen LogP contribution in [0.15, 0.2) is 12.2 Å². The summed E-state index contributed by atoms with van der Waals surface area (Å²) in [4.78, 5) is 38.4. The minimum Gasteiger partial charge on any atom is -0.462 e. The van der Waals surface area contributed by atoms with E-state index in [1.54, 1.807) is 0 Å². The minimum absolute atomic E-state index is 0.0657. The Hall–Kier alpha value is -1.85. The molecule has 0 heterocycles. The minimum atomic E-state index is -0.769. The van der Waals surface area contributed by atoms with Gasteiger partial charge in [-0.05, 0) is 44.9 Å². The summed E-state index contributed by atoms with van der Waals surface area (Å²) < 4.78 is 17.0. The number of unbranched alkanes of at least 4 members (excludes halogenated alkanes) is 51.